The lowest BCUT2D eigenvalue weighted by molar-refractivity contribution is -0.384. The van der Waals surface area contributed by atoms with Gasteiger partial charge in [-0.15, -0.1) is 0 Å². The smallest absolute Gasteiger partial charge is 0.269 e. The maximum atomic E-state index is 13.4. The van der Waals surface area contributed by atoms with Gasteiger partial charge < -0.3 is 15.8 Å². The minimum Gasteiger partial charge on any atom is -0.497 e. The Bertz CT molecular complexity index is 1400. The Morgan fingerprint density at radius 1 is 1.06 bits per heavy atom. The van der Waals surface area contributed by atoms with E-state index >= 15 is 0 Å². The molecule has 176 valence electrons. The van der Waals surface area contributed by atoms with E-state index < -0.39 is 22.8 Å². The SMILES string of the molecule is COc1ccc2c(C(=O)N[C@@H](Cc3ccccc3)C(N)=O)cc(-c3ccc([N+](=O)[O-])cc3)nc2c1. The van der Waals surface area contributed by atoms with E-state index in [2.05, 4.69) is 10.3 Å². The number of pyridine rings is 1. The van der Waals surface area contributed by atoms with Crippen LogP contribution in [0.4, 0.5) is 5.69 Å². The Morgan fingerprint density at radius 3 is 2.40 bits per heavy atom. The maximum Gasteiger partial charge on any atom is 0.269 e. The van der Waals surface area contributed by atoms with Gasteiger partial charge >= 0.3 is 0 Å². The summed E-state index contributed by atoms with van der Waals surface area (Å²) in [6.45, 7) is 0. The topological polar surface area (TPSA) is 137 Å². The highest BCUT2D eigenvalue weighted by molar-refractivity contribution is 6.08. The van der Waals surface area contributed by atoms with Crippen molar-refractivity contribution in [2.24, 2.45) is 5.73 Å². The standard InChI is InChI=1S/C26H22N4O5/c1-35-19-11-12-20-21(26(32)29-24(25(27)31)13-16-5-3-2-4-6-16)15-22(28-23(20)14-19)17-7-9-18(10-8-17)30(33)34/h2-12,14-15,24H,13H2,1H3,(H2,27,31)(H,29,32)/t24-/m0/s1. The van der Waals surface area contributed by atoms with E-state index in [0.717, 1.165) is 5.56 Å². The van der Waals surface area contributed by atoms with Crippen molar-refractivity contribution in [3.8, 4) is 17.0 Å². The van der Waals surface area contributed by atoms with Crippen LogP contribution in [0.25, 0.3) is 22.2 Å². The highest BCUT2D eigenvalue weighted by Crippen LogP contribution is 2.28. The molecule has 0 saturated heterocycles. The second kappa shape index (κ2) is 10.0. The molecule has 3 aromatic carbocycles. The summed E-state index contributed by atoms with van der Waals surface area (Å²) in [6.07, 6.45) is 0.244. The zero-order chi connectivity index (χ0) is 24.9. The largest absolute Gasteiger partial charge is 0.497 e. The van der Waals surface area contributed by atoms with Crippen LogP contribution in [-0.2, 0) is 11.2 Å². The molecular weight excluding hydrogens is 448 g/mol. The molecule has 9 heteroatoms. The summed E-state index contributed by atoms with van der Waals surface area (Å²) >= 11 is 0. The van der Waals surface area contributed by atoms with Gasteiger partial charge in [-0.05, 0) is 35.9 Å². The minimum absolute atomic E-state index is 0.0561. The fourth-order valence-electron chi connectivity index (χ4n) is 3.73. The second-order valence-electron chi connectivity index (χ2n) is 7.86. The van der Waals surface area contributed by atoms with Gasteiger partial charge in [0.05, 0.1) is 28.8 Å². The molecule has 4 aromatic rings. The molecule has 1 aromatic heterocycles. The molecule has 2 amide bonds. The van der Waals surface area contributed by atoms with Crippen LogP contribution in [0.5, 0.6) is 5.75 Å². The highest BCUT2D eigenvalue weighted by Gasteiger charge is 2.22. The number of nitro groups is 1. The third kappa shape index (κ3) is 5.25. The van der Waals surface area contributed by atoms with E-state index in [9.17, 15) is 19.7 Å². The predicted molar refractivity (Wildman–Crippen MR) is 131 cm³/mol. The van der Waals surface area contributed by atoms with Crippen molar-refractivity contribution < 1.29 is 19.2 Å². The van der Waals surface area contributed by atoms with E-state index in [1.54, 1.807) is 36.4 Å². The first-order chi connectivity index (χ1) is 16.9. The molecule has 1 heterocycles. The predicted octanol–water partition coefficient (Wildman–Crippen LogP) is 3.65. The summed E-state index contributed by atoms with van der Waals surface area (Å²) in [7, 11) is 1.52. The van der Waals surface area contributed by atoms with Crippen molar-refractivity contribution in [3.63, 3.8) is 0 Å². The first-order valence-corrected chi connectivity index (χ1v) is 10.7. The van der Waals surface area contributed by atoms with E-state index in [0.29, 0.717) is 27.9 Å². The quantitative estimate of drug-likeness (QED) is 0.298. The fourth-order valence-corrected chi connectivity index (χ4v) is 3.73. The molecule has 0 aliphatic carbocycles. The van der Waals surface area contributed by atoms with Gasteiger partial charge in [-0.2, -0.15) is 0 Å². The second-order valence-corrected chi connectivity index (χ2v) is 7.86. The number of benzene rings is 3. The number of amides is 2. The van der Waals surface area contributed by atoms with Crippen molar-refractivity contribution in [2.75, 3.05) is 7.11 Å². The number of primary amides is 1. The summed E-state index contributed by atoms with van der Waals surface area (Å²) in [5.74, 6) is -0.598. The Kier molecular flexibility index (Phi) is 6.68. The third-order valence-electron chi connectivity index (χ3n) is 5.57. The van der Waals surface area contributed by atoms with Gasteiger partial charge in [0.25, 0.3) is 11.6 Å². The monoisotopic (exact) mass is 470 g/mol. The van der Waals surface area contributed by atoms with E-state index in [1.165, 1.54) is 19.2 Å². The van der Waals surface area contributed by atoms with Crippen molar-refractivity contribution in [1.82, 2.24) is 10.3 Å². The average Bonchev–Trinajstić information content (AvgIpc) is 2.87. The zero-order valence-electron chi connectivity index (χ0n) is 18.8. The van der Waals surface area contributed by atoms with Gasteiger partial charge in [0.2, 0.25) is 5.91 Å². The lowest BCUT2D eigenvalue weighted by atomic mass is 10.0. The highest BCUT2D eigenvalue weighted by atomic mass is 16.6. The number of nitro benzene ring substituents is 1. The molecule has 0 unspecified atom stereocenters. The van der Waals surface area contributed by atoms with Gasteiger partial charge in [0.1, 0.15) is 11.8 Å². The number of carbonyl (C=O) groups is 2. The molecule has 0 fully saturated rings. The van der Waals surface area contributed by atoms with Crippen molar-refractivity contribution >= 4 is 28.4 Å². The van der Waals surface area contributed by atoms with Gasteiger partial charge in [-0.3, -0.25) is 19.7 Å². The van der Waals surface area contributed by atoms with Crippen LogP contribution in [0.1, 0.15) is 15.9 Å². The molecular formula is C26H22N4O5. The fraction of sp³-hybridized carbons (Fsp3) is 0.115. The van der Waals surface area contributed by atoms with Crippen LogP contribution in [0.15, 0.2) is 78.9 Å². The van der Waals surface area contributed by atoms with Crippen molar-refractivity contribution in [3.05, 3.63) is 100 Å². The summed E-state index contributed by atoms with van der Waals surface area (Å²) in [4.78, 5) is 40.7. The Hall–Kier alpha value is -4.79. The first-order valence-electron chi connectivity index (χ1n) is 10.7. The number of carbonyl (C=O) groups excluding carboxylic acids is 2. The average molecular weight is 470 g/mol. The van der Waals surface area contributed by atoms with Crippen molar-refractivity contribution in [2.45, 2.75) is 12.5 Å². The Morgan fingerprint density at radius 2 is 1.77 bits per heavy atom. The summed E-state index contributed by atoms with van der Waals surface area (Å²) < 4.78 is 5.30. The summed E-state index contributed by atoms with van der Waals surface area (Å²) in [5.41, 5.74) is 8.18. The van der Waals surface area contributed by atoms with Gasteiger partial charge in [-0.25, -0.2) is 4.98 Å². The summed E-state index contributed by atoms with van der Waals surface area (Å²) in [6, 6.07) is 20.9. The first kappa shape index (κ1) is 23.4. The van der Waals surface area contributed by atoms with Gasteiger partial charge in [0.15, 0.2) is 0 Å². The molecule has 35 heavy (non-hydrogen) atoms. The molecule has 9 nitrogen and oxygen atoms in total. The van der Waals surface area contributed by atoms with Crippen LogP contribution in [0.2, 0.25) is 0 Å². The lowest BCUT2D eigenvalue weighted by Gasteiger charge is -2.17. The molecule has 3 N–H and O–H groups in total. The number of fused-ring (bicyclic) bond motifs is 1. The molecule has 0 spiro atoms. The lowest BCUT2D eigenvalue weighted by Crippen LogP contribution is -2.45. The Labute approximate surface area is 200 Å². The van der Waals surface area contributed by atoms with Crippen molar-refractivity contribution in [1.29, 1.82) is 0 Å². The molecule has 1 atom stereocenters. The van der Waals surface area contributed by atoms with Crippen LogP contribution in [0.3, 0.4) is 0 Å². The number of rotatable bonds is 8. The number of non-ortho nitro benzene ring substituents is 1. The molecule has 0 bridgehead atoms. The number of nitrogens with one attached hydrogen (secondary N) is 1. The molecule has 0 radical (unpaired) electrons. The van der Waals surface area contributed by atoms with Gasteiger partial charge in [0, 0.05) is 35.6 Å². The maximum absolute atomic E-state index is 13.4. The third-order valence-corrected chi connectivity index (χ3v) is 5.57. The molecule has 4 rings (SSSR count). The number of ether oxygens (including phenoxy) is 1. The Balaban J connectivity index is 1.74. The number of nitrogens with two attached hydrogens (primary N) is 1. The molecule has 0 saturated carbocycles. The van der Waals surface area contributed by atoms with E-state index in [1.807, 2.05) is 30.3 Å². The van der Waals surface area contributed by atoms with Crippen LogP contribution in [-0.4, -0.2) is 34.9 Å². The van der Waals surface area contributed by atoms with E-state index in [4.69, 9.17) is 10.5 Å². The number of methoxy groups -OCH3 is 1. The number of aromatic nitrogens is 1. The zero-order valence-corrected chi connectivity index (χ0v) is 18.8. The normalized spacial score (nSPS) is 11.6. The summed E-state index contributed by atoms with van der Waals surface area (Å²) in [5, 5.41) is 14.3. The number of hydrogen-bond donors (Lipinski definition) is 2. The van der Waals surface area contributed by atoms with Crippen LogP contribution < -0.4 is 15.8 Å². The minimum atomic E-state index is -0.922. The number of hydrogen-bond acceptors (Lipinski definition) is 6. The van der Waals surface area contributed by atoms with Gasteiger partial charge in [-0.1, -0.05) is 30.3 Å². The number of nitrogens with zero attached hydrogens (tertiary/aromatic N) is 2. The molecule has 0 aliphatic rings. The van der Waals surface area contributed by atoms with Crippen LogP contribution >= 0.6 is 0 Å². The van der Waals surface area contributed by atoms with E-state index in [-0.39, 0.29) is 17.7 Å². The molecule has 0 aliphatic heterocycles. The van der Waals surface area contributed by atoms with Crippen LogP contribution in [0, 0.1) is 10.1 Å².